The third kappa shape index (κ3) is 3.48. The molecule has 0 atom stereocenters. The lowest BCUT2D eigenvalue weighted by Gasteiger charge is -2.35. The van der Waals surface area contributed by atoms with Crippen LogP contribution < -0.4 is 0 Å². The highest BCUT2D eigenvalue weighted by molar-refractivity contribution is 6.26. The summed E-state index contributed by atoms with van der Waals surface area (Å²) in [5.74, 6) is 0. The summed E-state index contributed by atoms with van der Waals surface area (Å²) >= 11 is 0. The van der Waals surface area contributed by atoms with Crippen molar-refractivity contribution >= 4 is 53.9 Å². The molecule has 0 bridgehead atoms. The third-order valence-electron chi connectivity index (χ3n) is 11.2. The van der Waals surface area contributed by atoms with E-state index in [1.807, 2.05) is 0 Å². The van der Waals surface area contributed by atoms with Crippen molar-refractivity contribution in [1.29, 1.82) is 0 Å². The number of hydrogen-bond donors (Lipinski definition) is 0. The van der Waals surface area contributed by atoms with Crippen LogP contribution in [0.4, 0.5) is 0 Å². The van der Waals surface area contributed by atoms with Crippen LogP contribution in [0.1, 0.15) is 22.3 Å². The van der Waals surface area contributed by atoms with Crippen LogP contribution in [0.2, 0.25) is 0 Å². The molecule has 0 heterocycles. The largest absolute Gasteiger partial charge is 0.0720 e. The van der Waals surface area contributed by atoms with Gasteiger partial charge in [-0.25, -0.2) is 0 Å². The second kappa shape index (κ2) is 9.89. The van der Waals surface area contributed by atoms with Crippen molar-refractivity contribution in [3.05, 3.63) is 204 Å². The lowest BCUT2D eigenvalue weighted by molar-refractivity contribution is 0.776. The molecule has 0 aliphatic heterocycles. The molecule has 0 amide bonds. The summed E-state index contributed by atoms with van der Waals surface area (Å²) in [6, 6.07) is 68.2. The molecule has 1 aliphatic carbocycles. The Labute approximate surface area is 284 Å². The molecular formula is C49H30. The standard InChI is InChI=1S/C49H30/c1-3-16-35(17-4-1)49(36-18-5-2-6-19-36)44-30-33(43-29-34-15-11-13-31-25-26-32-14-12-24-40(43)46(32)45(31)34)27-28-42(44)47-39-22-9-7-20-37(39)38-21-8-10-23-41(38)48(47)49/h1-30H. The highest BCUT2D eigenvalue weighted by Gasteiger charge is 2.48. The molecule has 49 heavy (non-hydrogen) atoms. The fraction of sp³-hybridized carbons (Fsp3) is 0.0204. The van der Waals surface area contributed by atoms with E-state index in [2.05, 4.69) is 182 Å². The maximum absolute atomic E-state index is 2.53. The zero-order valence-electron chi connectivity index (χ0n) is 26.8. The molecule has 0 aromatic heterocycles. The predicted molar refractivity (Wildman–Crippen MR) is 208 cm³/mol. The second-order valence-electron chi connectivity index (χ2n) is 13.6. The topological polar surface area (TPSA) is 0 Å². The fourth-order valence-corrected chi connectivity index (χ4v) is 9.33. The lowest BCUT2D eigenvalue weighted by Crippen LogP contribution is -2.29. The summed E-state index contributed by atoms with van der Waals surface area (Å²) in [5.41, 5.74) is 9.94. The SMILES string of the molecule is c1ccc(C2(c3ccccc3)c3cc(-c4cc5cccc6ccc7cccc4c7c65)ccc3-c3c2c2ccccc2c2ccccc32)cc1. The van der Waals surface area contributed by atoms with Crippen LogP contribution in [0.15, 0.2) is 182 Å². The Morgan fingerprint density at radius 3 is 1.59 bits per heavy atom. The molecule has 0 saturated carbocycles. The molecule has 0 radical (unpaired) electrons. The van der Waals surface area contributed by atoms with Gasteiger partial charge in [-0.15, -0.1) is 0 Å². The lowest BCUT2D eigenvalue weighted by atomic mass is 9.66. The molecule has 10 aromatic rings. The Kier molecular flexibility index (Phi) is 5.41. The summed E-state index contributed by atoms with van der Waals surface area (Å²) in [7, 11) is 0. The van der Waals surface area contributed by atoms with Gasteiger partial charge in [0, 0.05) is 0 Å². The molecule has 0 heteroatoms. The van der Waals surface area contributed by atoms with E-state index in [4.69, 9.17) is 0 Å². The zero-order valence-corrected chi connectivity index (χ0v) is 26.8. The van der Waals surface area contributed by atoms with E-state index in [0.29, 0.717) is 0 Å². The van der Waals surface area contributed by atoms with Crippen LogP contribution in [0, 0.1) is 0 Å². The van der Waals surface area contributed by atoms with Crippen molar-refractivity contribution in [2.75, 3.05) is 0 Å². The Hall–Kier alpha value is -6.24. The molecule has 0 spiro atoms. The van der Waals surface area contributed by atoms with E-state index in [1.165, 1.54) is 98.4 Å². The van der Waals surface area contributed by atoms with Crippen LogP contribution in [0.25, 0.3) is 76.1 Å². The van der Waals surface area contributed by atoms with Gasteiger partial charge in [-0.1, -0.05) is 170 Å². The summed E-state index contributed by atoms with van der Waals surface area (Å²) in [6.07, 6.45) is 0. The van der Waals surface area contributed by atoms with Gasteiger partial charge in [-0.3, -0.25) is 0 Å². The Morgan fingerprint density at radius 1 is 0.327 bits per heavy atom. The van der Waals surface area contributed by atoms with E-state index in [0.717, 1.165) is 0 Å². The summed E-state index contributed by atoms with van der Waals surface area (Å²) in [4.78, 5) is 0. The van der Waals surface area contributed by atoms with Gasteiger partial charge in [0.2, 0.25) is 0 Å². The quantitative estimate of drug-likeness (QED) is 0.173. The first-order chi connectivity index (χ1) is 24.3. The van der Waals surface area contributed by atoms with Crippen LogP contribution >= 0.6 is 0 Å². The van der Waals surface area contributed by atoms with Crippen molar-refractivity contribution < 1.29 is 0 Å². The van der Waals surface area contributed by atoms with E-state index >= 15 is 0 Å². The number of hydrogen-bond acceptors (Lipinski definition) is 0. The predicted octanol–water partition coefficient (Wildman–Crippen LogP) is 12.9. The maximum Gasteiger partial charge on any atom is 0.0720 e. The average Bonchev–Trinajstić information content (AvgIpc) is 3.49. The Balaban J connectivity index is 1.33. The van der Waals surface area contributed by atoms with E-state index in [9.17, 15) is 0 Å². The van der Waals surface area contributed by atoms with Crippen LogP contribution in [-0.4, -0.2) is 0 Å². The Bertz CT molecular complexity index is 2870. The van der Waals surface area contributed by atoms with Crippen molar-refractivity contribution in [1.82, 2.24) is 0 Å². The van der Waals surface area contributed by atoms with E-state index in [1.54, 1.807) is 0 Å². The molecule has 10 aromatic carbocycles. The van der Waals surface area contributed by atoms with Crippen molar-refractivity contribution in [3.63, 3.8) is 0 Å². The van der Waals surface area contributed by atoms with Gasteiger partial charge in [0.1, 0.15) is 0 Å². The first-order valence-corrected chi connectivity index (χ1v) is 17.2. The van der Waals surface area contributed by atoms with Gasteiger partial charge in [0.15, 0.2) is 0 Å². The van der Waals surface area contributed by atoms with Gasteiger partial charge in [0.25, 0.3) is 0 Å². The average molecular weight is 619 g/mol. The molecule has 0 N–H and O–H groups in total. The normalized spacial score (nSPS) is 13.5. The smallest absolute Gasteiger partial charge is 0.0622 e. The van der Waals surface area contributed by atoms with Crippen molar-refractivity contribution in [2.24, 2.45) is 0 Å². The van der Waals surface area contributed by atoms with Crippen molar-refractivity contribution in [3.8, 4) is 22.3 Å². The van der Waals surface area contributed by atoms with Crippen LogP contribution in [0.5, 0.6) is 0 Å². The van der Waals surface area contributed by atoms with Crippen molar-refractivity contribution in [2.45, 2.75) is 5.41 Å². The zero-order chi connectivity index (χ0) is 32.1. The summed E-state index contributed by atoms with van der Waals surface area (Å²) < 4.78 is 0. The van der Waals surface area contributed by atoms with Crippen LogP contribution in [-0.2, 0) is 5.41 Å². The number of benzene rings is 10. The molecular weight excluding hydrogens is 589 g/mol. The monoisotopic (exact) mass is 618 g/mol. The Morgan fingerprint density at radius 2 is 0.878 bits per heavy atom. The van der Waals surface area contributed by atoms with Gasteiger partial charge < -0.3 is 0 Å². The van der Waals surface area contributed by atoms with Gasteiger partial charge in [0.05, 0.1) is 5.41 Å². The van der Waals surface area contributed by atoms with Gasteiger partial charge >= 0.3 is 0 Å². The first-order valence-electron chi connectivity index (χ1n) is 17.2. The molecule has 226 valence electrons. The molecule has 0 unspecified atom stereocenters. The van der Waals surface area contributed by atoms with Gasteiger partial charge in [-0.2, -0.15) is 0 Å². The highest BCUT2D eigenvalue weighted by Crippen LogP contribution is 2.60. The molecule has 0 fully saturated rings. The number of rotatable bonds is 3. The molecule has 0 nitrogen and oxygen atoms in total. The second-order valence-corrected chi connectivity index (χ2v) is 13.6. The van der Waals surface area contributed by atoms with Gasteiger partial charge in [-0.05, 0) is 111 Å². The summed E-state index contributed by atoms with van der Waals surface area (Å²) in [6.45, 7) is 0. The highest BCUT2D eigenvalue weighted by atomic mass is 14.5. The van der Waals surface area contributed by atoms with Crippen LogP contribution in [0.3, 0.4) is 0 Å². The molecule has 1 aliphatic rings. The molecule has 0 saturated heterocycles. The molecule has 11 rings (SSSR count). The fourth-order valence-electron chi connectivity index (χ4n) is 9.33. The summed E-state index contributed by atoms with van der Waals surface area (Å²) in [5, 5.41) is 13.1. The minimum Gasteiger partial charge on any atom is -0.0622 e. The minimum atomic E-state index is -0.522. The number of fused-ring (bicyclic) bond motifs is 8. The van der Waals surface area contributed by atoms with E-state index in [-0.39, 0.29) is 0 Å². The minimum absolute atomic E-state index is 0.522. The maximum atomic E-state index is 2.53. The first kappa shape index (κ1) is 26.8. The van der Waals surface area contributed by atoms with E-state index < -0.39 is 5.41 Å². The third-order valence-corrected chi connectivity index (χ3v) is 11.2.